The van der Waals surface area contributed by atoms with Gasteiger partial charge in [-0.2, -0.15) is 5.10 Å². The van der Waals surface area contributed by atoms with Crippen molar-refractivity contribution in [1.29, 1.82) is 0 Å². The van der Waals surface area contributed by atoms with Gasteiger partial charge in [0.1, 0.15) is 17.2 Å². The first-order chi connectivity index (χ1) is 12.9. The highest BCUT2D eigenvalue weighted by Crippen LogP contribution is 2.41. The molecule has 6 nitrogen and oxygen atoms in total. The van der Waals surface area contributed by atoms with Crippen molar-refractivity contribution in [3.8, 4) is 0 Å². The Bertz CT molecular complexity index is 979. The zero-order chi connectivity index (χ0) is 19.3. The van der Waals surface area contributed by atoms with Crippen LogP contribution in [0.3, 0.4) is 0 Å². The normalized spacial score (nSPS) is 21.0. The maximum atomic E-state index is 11.8. The number of anilines is 1. The Hall–Kier alpha value is -2.22. The first kappa shape index (κ1) is 18.2. The molecule has 4 rings (SSSR count). The molecule has 0 radical (unpaired) electrons. The number of fused-ring (bicyclic) bond motifs is 3. The molecule has 0 bridgehead atoms. The van der Waals surface area contributed by atoms with E-state index in [2.05, 4.69) is 41.9 Å². The van der Waals surface area contributed by atoms with Crippen LogP contribution in [-0.2, 0) is 4.79 Å². The number of halogens is 1. The van der Waals surface area contributed by atoms with E-state index in [1.165, 1.54) is 10.4 Å². The number of carbonyl (C=O) groups excluding carboxylic acids is 1. The number of quaternary nitrogens is 1. The van der Waals surface area contributed by atoms with Crippen LogP contribution in [0.15, 0.2) is 34.4 Å². The lowest BCUT2D eigenvalue weighted by molar-refractivity contribution is -0.305. The second-order valence-corrected chi connectivity index (χ2v) is 8.49. The van der Waals surface area contributed by atoms with E-state index in [4.69, 9.17) is 16.6 Å². The number of nitrogens with zero attached hydrogens (tertiary/aromatic N) is 3. The molecule has 2 unspecified atom stereocenters. The lowest BCUT2D eigenvalue weighted by atomic mass is 9.99. The van der Waals surface area contributed by atoms with Crippen LogP contribution in [0.25, 0.3) is 0 Å². The molecule has 140 valence electrons. The third-order valence-electron chi connectivity index (χ3n) is 4.94. The molecule has 2 atom stereocenters. The van der Waals surface area contributed by atoms with E-state index in [1.807, 2.05) is 24.3 Å². The number of rotatable bonds is 3. The zero-order valence-electron chi connectivity index (χ0n) is 15.4. The molecule has 1 amide bonds. The highest BCUT2D eigenvalue weighted by molar-refractivity contribution is 7.17. The molecule has 1 aromatic heterocycles. The maximum absolute atomic E-state index is 11.8. The Morgan fingerprint density at radius 3 is 2.70 bits per heavy atom. The highest BCUT2D eigenvalue weighted by atomic mass is 35.5. The van der Waals surface area contributed by atoms with Crippen molar-refractivity contribution in [2.24, 2.45) is 10.1 Å². The highest BCUT2D eigenvalue weighted by Gasteiger charge is 2.39. The molecule has 4 N–H and O–H groups in total. The third-order valence-corrected chi connectivity index (χ3v) is 6.40. The van der Waals surface area contributed by atoms with E-state index in [1.54, 1.807) is 11.3 Å². The molecule has 0 saturated heterocycles. The number of amides is 1. The Kier molecular flexibility index (Phi) is 4.53. The van der Waals surface area contributed by atoms with Gasteiger partial charge in [0, 0.05) is 21.0 Å². The van der Waals surface area contributed by atoms with Crippen LogP contribution in [0.5, 0.6) is 0 Å². The molecule has 2 aliphatic heterocycles. The zero-order valence-corrected chi connectivity index (χ0v) is 17.0. The van der Waals surface area contributed by atoms with Gasteiger partial charge in [-0.25, -0.2) is 4.79 Å². The number of amidine groups is 1. The predicted octanol–water partition coefficient (Wildman–Crippen LogP) is 2.47. The standard InChI is InChI=1S/C19H20ClN5OS/c1-9-10(2)27-19-16(9)17(12-4-6-13(20)7-5-12)22-14(8-15(21)26)18-24-23-11(3)25(18)19/h4-7,11,14,23H,8H2,1-3H3,(H2,21,26)/p+1. The fourth-order valence-electron chi connectivity index (χ4n) is 3.50. The summed E-state index contributed by atoms with van der Waals surface area (Å²) in [6, 6.07) is 7.30. The van der Waals surface area contributed by atoms with Crippen molar-refractivity contribution in [1.82, 2.24) is 5.43 Å². The number of benzene rings is 1. The van der Waals surface area contributed by atoms with Crippen LogP contribution in [-0.4, -0.2) is 29.7 Å². The van der Waals surface area contributed by atoms with Crippen molar-refractivity contribution in [3.05, 3.63) is 50.9 Å². The Labute approximate surface area is 166 Å². The largest absolute Gasteiger partial charge is 0.311 e. The van der Waals surface area contributed by atoms with Crippen molar-refractivity contribution in [2.45, 2.75) is 39.4 Å². The van der Waals surface area contributed by atoms with Crippen LogP contribution < -0.4 is 16.1 Å². The SMILES string of the molecule is Cc1sc2c(c1C)C(c1ccc(Cl)cc1)=NC(CC([NH3+])=O)C1=NNC(C)N12. The van der Waals surface area contributed by atoms with Crippen molar-refractivity contribution in [2.75, 3.05) is 4.90 Å². The molecule has 27 heavy (non-hydrogen) atoms. The van der Waals surface area contributed by atoms with Crippen molar-refractivity contribution >= 4 is 45.4 Å². The summed E-state index contributed by atoms with van der Waals surface area (Å²) < 4.78 is 0. The van der Waals surface area contributed by atoms with E-state index >= 15 is 0 Å². The van der Waals surface area contributed by atoms with Crippen molar-refractivity contribution < 1.29 is 10.5 Å². The van der Waals surface area contributed by atoms with Gasteiger partial charge in [0.05, 0.1) is 12.1 Å². The van der Waals surface area contributed by atoms with E-state index in [9.17, 15) is 4.79 Å². The van der Waals surface area contributed by atoms with Crippen LogP contribution in [0.2, 0.25) is 5.02 Å². The summed E-state index contributed by atoms with van der Waals surface area (Å²) in [6.45, 7) is 6.30. The molecular weight excluding hydrogens is 382 g/mol. The van der Waals surface area contributed by atoms with E-state index in [0.717, 1.165) is 27.7 Å². The summed E-state index contributed by atoms with van der Waals surface area (Å²) >= 11 is 7.82. The molecule has 2 aliphatic rings. The molecule has 2 aromatic rings. The summed E-state index contributed by atoms with van der Waals surface area (Å²) in [7, 11) is 0. The minimum atomic E-state index is -0.377. The molecule has 0 aliphatic carbocycles. The number of hydrogen-bond acceptors (Lipinski definition) is 6. The lowest BCUT2D eigenvalue weighted by Gasteiger charge is -2.24. The molecule has 0 spiro atoms. The molecule has 3 heterocycles. The average Bonchev–Trinajstić information content (AvgIpc) is 3.08. The predicted molar refractivity (Wildman–Crippen MR) is 110 cm³/mol. The van der Waals surface area contributed by atoms with E-state index in [-0.39, 0.29) is 24.5 Å². The Morgan fingerprint density at radius 2 is 2.04 bits per heavy atom. The molecule has 0 fully saturated rings. The average molecular weight is 403 g/mol. The van der Waals surface area contributed by atoms with Crippen LogP contribution in [0.1, 0.15) is 34.9 Å². The van der Waals surface area contributed by atoms with Gasteiger partial charge < -0.3 is 0 Å². The van der Waals surface area contributed by atoms with Crippen LogP contribution in [0, 0.1) is 13.8 Å². The summed E-state index contributed by atoms with van der Waals surface area (Å²) in [5.74, 6) is 0.616. The molecule has 1 aromatic carbocycles. The first-order valence-electron chi connectivity index (χ1n) is 8.78. The van der Waals surface area contributed by atoms with E-state index in [0.29, 0.717) is 5.02 Å². The van der Waals surface area contributed by atoms with Gasteiger partial charge in [-0.1, -0.05) is 23.7 Å². The number of aryl methyl sites for hydroxylation is 1. The second-order valence-electron chi connectivity index (χ2n) is 6.85. The van der Waals surface area contributed by atoms with Crippen molar-refractivity contribution in [3.63, 3.8) is 0 Å². The Morgan fingerprint density at radius 1 is 1.33 bits per heavy atom. The monoisotopic (exact) mass is 402 g/mol. The third kappa shape index (κ3) is 3.05. The topological polar surface area (TPSA) is 84.7 Å². The number of hydrogen-bond donors (Lipinski definition) is 2. The first-order valence-corrected chi connectivity index (χ1v) is 9.97. The van der Waals surface area contributed by atoms with Gasteiger partial charge in [-0.3, -0.25) is 21.1 Å². The molecular formula is C19H21ClN5OS+. The van der Waals surface area contributed by atoms with Gasteiger partial charge >= 0.3 is 5.91 Å². The number of thiophene rings is 1. The van der Waals surface area contributed by atoms with Crippen LogP contribution in [0.4, 0.5) is 5.00 Å². The van der Waals surface area contributed by atoms with Gasteiger partial charge in [-0.15, -0.1) is 11.3 Å². The van der Waals surface area contributed by atoms with Gasteiger partial charge in [-0.05, 0) is 38.5 Å². The molecule has 8 heteroatoms. The number of nitrogens with one attached hydrogen (secondary N) is 1. The summed E-state index contributed by atoms with van der Waals surface area (Å²) in [5.41, 5.74) is 10.8. The minimum Gasteiger partial charge on any atom is -0.295 e. The van der Waals surface area contributed by atoms with Gasteiger partial charge in [0.15, 0.2) is 5.84 Å². The minimum absolute atomic E-state index is 0.00150. The fourth-order valence-corrected chi connectivity index (χ4v) is 4.87. The number of aliphatic imine (C=N–C) groups is 1. The van der Waals surface area contributed by atoms with Gasteiger partial charge in [0.25, 0.3) is 0 Å². The quantitative estimate of drug-likeness (QED) is 0.827. The van der Waals surface area contributed by atoms with Gasteiger partial charge in [0.2, 0.25) is 0 Å². The summed E-state index contributed by atoms with van der Waals surface area (Å²) in [6.07, 6.45) is 0.215. The number of hydrazone groups is 1. The fraction of sp³-hybridized carbons (Fsp3) is 0.316. The summed E-state index contributed by atoms with van der Waals surface area (Å²) in [5, 5.41) is 6.29. The second kappa shape index (κ2) is 6.74. The number of carbonyl (C=O) groups is 1. The molecule has 0 saturated carbocycles. The Balaban J connectivity index is 1.98. The van der Waals surface area contributed by atoms with Crippen LogP contribution >= 0.6 is 22.9 Å². The summed E-state index contributed by atoms with van der Waals surface area (Å²) in [4.78, 5) is 20.2. The smallest absolute Gasteiger partial charge is 0.295 e. The lowest BCUT2D eigenvalue weighted by Crippen LogP contribution is -2.58. The maximum Gasteiger partial charge on any atom is 0.311 e. The van der Waals surface area contributed by atoms with E-state index < -0.39 is 0 Å².